The smallest absolute Gasteiger partial charge is 0.265 e. The van der Waals surface area contributed by atoms with Crippen LogP contribution in [-0.2, 0) is 17.1 Å². The van der Waals surface area contributed by atoms with Crippen LogP contribution in [0, 0.1) is 5.92 Å². The van der Waals surface area contributed by atoms with Crippen LogP contribution in [0.4, 0.5) is 0 Å². The molecule has 1 aliphatic heterocycles. The van der Waals surface area contributed by atoms with Gasteiger partial charge in [-0.15, -0.1) is 0 Å². The second-order valence-electron chi connectivity index (χ2n) is 4.41. The van der Waals surface area contributed by atoms with Crippen molar-refractivity contribution in [2.75, 3.05) is 19.7 Å². The van der Waals surface area contributed by atoms with Crippen molar-refractivity contribution in [3.05, 3.63) is 18.0 Å². The van der Waals surface area contributed by atoms with E-state index in [-0.39, 0.29) is 23.1 Å². The van der Waals surface area contributed by atoms with E-state index in [1.165, 1.54) is 21.1 Å². The first-order chi connectivity index (χ1) is 8.36. The number of hydrogen-bond donors (Lipinski definition) is 2. The van der Waals surface area contributed by atoms with E-state index < -0.39 is 15.9 Å². The van der Waals surface area contributed by atoms with Crippen molar-refractivity contribution in [1.29, 1.82) is 0 Å². The molecule has 1 aliphatic rings. The highest BCUT2D eigenvalue weighted by atomic mass is 32.2. The Kier molecular flexibility index (Phi) is 3.18. The average Bonchev–Trinajstić information content (AvgIpc) is 2.59. The molecule has 18 heavy (non-hydrogen) atoms. The monoisotopic (exact) mass is 273 g/mol. The Morgan fingerprint density at radius 1 is 1.56 bits per heavy atom. The van der Waals surface area contributed by atoms with Gasteiger partial charge in [0.15, 0.2) is 0 Å². The van der Waals surface area contributed by atoms with Gasteiger partial charge in [0, 0.05) is 38.9 Å². The van der Waals surface area contributed by atoms with Gasteiger partial charge in [-0.25, -0.2) is 8.42 Å². The quantitative estimate of drug-likeness (QED) is 0.714. The summed E-state index contributed by atoms with van der Waals surface area (Å²) in [6, 6.07) is 1.27. The number of sulfonamides is 1. The van der Waals surface area contributed by atoms with Crippen LogP contribution in [0.15, 0.2) is 17.2 Å². The Balaban J connectivity index is 2.26. The SMILES string of the molecule is Cn1cc(S(=O)(=O)N2CC(CO)C2)cc1C(N)=O. The van der Waals surface area contributed by atoms with Crippen LogP contribution in [-0.4, -0.2) is 48.0 Å². The van der Waals surface area contributed by atoms with Gasteiger partial charge < -0.3 is 15.4 Å². The summed E-state index contributed by atoms with van der Waals surface area (Å²) in [6.07, 6.45) is 1.36. The van der Waals surface area contributed by atoms with E-state index >= 15 is 0 Å². The minimum Gasteiger partial charge on any atom is -0.396 e. The number of amides is 1. The molecule has 2 heterocycles. The molecule has 0 radical (unpaired) electrons. The van der Waals surface area contributed by atoms with Crippen LogP contribution in [0.3, 0.4) is 0 Å². The number of hydrogen-bond acceptors (Lipinski definition) is 4. The Morgan fingerprint density at radius 3 is 2.61 bits per heavy atom. The molecule has 1 fully saturated rings. The Hall–Kier alpha value is -1.38. The highest BCUT2D eigenvalue weighted by molar-refractivity contribution is 7.89. The number of aromatic nitrogens is 1. The molecule has 0 atom stereocenters. The first-order valence-electron chi connectivity index (χ1n) is 5.43. The lowest BCUT2D eigenvalue weighted by molar-refractivity contribution is 0.0992. The van der Waals surface area contributed by atoms with E-state index in [1.807, 2.05) is 0 Å². The third kappa shape index (κ3) is 2.02. The maximum atomic E-state index is 12.1. The lowest BCUT2D eigenvalue weighted by atomic mass is 10.1. The highest BCUT2D eigenvalue weighted by Crippen LogP contribution is 2.25. The Labute approximate surface area is 105 Å². The molecule has 0 spiro atoms. The number of aryl methyl sites for hydroxylation is 1. The van der Waals surface area contributed by atoms with Crippen LogP contribution >= 0.6 is 0 Å². The predicted molar refractivity (Wildman–Crippen MR) is 63.3 cm³/mol. The number of primary amides is 1. The fraction of sp³-hybridized carbons (Fsp3) is 0.500. The minimum absolute atomic E-state index is 0.000835. The zero-order chi connectivity index (χ0) is 13.5. The van der Waals surface area contributed by atoms with Gasteiger partial charge in [-0.1, -0.05) is 0 Å². The lowest BCUT2D eigenvalue weighted by Gasteiger charge is -2.36. The number of carbonyl (C=O) groups excluding carboxylic acids is 1. The van der Waals surface area contributed by atoms with Crippen molar-refractivity contribution in [2.24, 2.45) is 18.7 Å². The van der Waals surface area contributed by atoms with Crippen molar-refractivity contribution in [1.82, 2.24) is 8.87 Å². The van der Waals surface area contributed by atoms with Crippen LogP contribution in [0.2, 0.25) is 0 Å². The molecule has 0 bridgehead atoms. The summed E-state index contributed by atoms with van der Waals surface area (Å²) in [7, 11) is -2.03. The van der Waals surface area contributed by atoms with Gasteiger partial charge in [-0.05, 0) is 6.07 Å². The van der Waals surface area contributed by atoms with Crippen LogP contribution in [0.1, 0.15) is 10.5 Å². The van der Waals surface area contributed by atoms with Gasteiger partial charge in [0.05, 0.1) is 0 Å². The van der Waals surface area contributed by atoms with E-state index in [4.69, 9.17) is 10.8 Å². The molecule has 3 N–H and O–H groups in total. The standard InChI is InChI=1S/C10H15N3O4S/c1-12-5-8(2-9(12)10(11)15)18(16,17)13-3-7(4-13)6-14/h2,5,7,14H,3-4,6H2,1H3,(H2,11,15). The number of rotatable bonds is 4. The molecule has 1 saturated heterocycles. The molecular formula is C10H15N3O4S. The summed E-state index contributed by atoms with van der Waals surface area (Å²) in [5, 5.41) is 8.87. The zero-order valence-electron chi connectivity index (χ0n) is 9.91. The second-order valence-corrected chi connectivity index (χ2v) is 6.34. The van der Waals surface area contributed by atoms with E-state index in [0.717, 1.165) is 0 Å². The predicted octanol–water partition coefficient (Wildman–Crippen LogP) is -1.26. The minimum atomic E-state index is -3.59. The van der Waals surface area contributed by atoms with E-state index in [1.54, 1.807) is 7.05 Å². The van der Waals surface area contributed by atoms with Crippen molar-refractivity contribution >= 4 is 15.9 Å². The first kappa shape index (κ1) is 13.1. The maximum Gasteiger partial charge on any atom is 0.265 e. The second kappa shape index (κ2) is 4.38. The van der Waals surface area contributed by atoms with Crippen LogP contribution < -0.4 is 5.73 Å². The molecule has 8 heteroatoms. The number of carbonyl (C=O) groups is 1. The number of aliphatic hydroxyl groups is 1. The van der Waals surface area contributed by atoms with Gasteiger partial charge >= 0.3 is 0 Å². The van der Waals surface area contributed by atoms with Gasteiger partial charge in [0.2, 0.25) is 10.0 Å². The highest BCUT2D eigenvalue weighted by Gasteiger charge is 2.37. The summed E-state index contributed by atoms with van der Waals surface area (Å²) in [6.45, 7) is 0.590. The van der Waals surface area contributed by atoms with Crippen molar-refractivity contribution in [2.45, 2.75) is 4.90 Å². The molecule has 7 nitrogen and oxygen atoms in total. The molecule has 0 aromatic carbocycles. The topological polar surface area (TPSA) is 106 Å². The zero-order valence-corrected chi connectivity index (χ0v) is 10.7. The number of aliphatic hydroxyl groups excluding tert-OH is 1. The largest absolute Gasteiger partial charge is 0.396 e. The summed E-state index contributed by atoms with van der Waals surface area (Å²) in [5.41, 5.74) is 5.28. The fourth-order valence-corrected chi connectivity index (χ4v) is 3.57. The molecule has 0 aliphatic carbocycles. The average molecular weight is 273 g/mol. The van der Waals surface area contributed by atoms with Crippen LogP contribution in [0.5, 0.6) is 0 Å². The molecule has 1 aromatic rings. The molecule has 1 amide bonds. The molecule has 2 rings (SSSR count). The molecule has 100 valence electrons. The maximum absolute atomic E-state index is 12.1. The van der Waals surface area contributed by atoms with Crippen molar-refractivity contribution in [3.63, 3.8) is 0 Å². The third-order valence-corrected chi connectivity index (χ3v) is 4.85. The lowest BCUT2D eigenvalue weighted by Crippen LogP contribution is -2.51. The van der Waals surface area contributed by atoms with Crippen molar-refractivity contribution < 1.29 is 18.3 Å². The van der Waals surface area contributed by atoms with Gasteiger partial charge in [-0.3, -0.25) is 4.79 Å². The van der Waals surface area contributed by atoms with Gasteiger partial charge in [0.1, 0.15) is 10.6 Å². The number of nitrogens with zero attached hydrogens (tertiary/aromatic N) is 2. The Bertz CT molecular complexity index is 572. The summed E-state index contributed by atoms with van der Waals surface area (Å²) < 4.78 is 26.9. The molecule has 0 saturated carbocycles. The van der Waals surface area contributed by atoms with Gasteiger partial charge in [0.25, 0.3) is 5.91 Å². The molecular weight excluding hydrogens is 258 g/mol. The van der Waals surface area contributed by atoms with E-state index in [2.05, 4.69) is 0 Å². The Morgan fingerprint density at radius 2 is 2.17 bits per heavy atom. The van der Waals surface area contributed by atoms with Crippen LogP contribution in [0.25, 0.3) is 0 Å². The van der Waals surface area contributed by atoms with E-state index in [9.17, 15) is 13.2 Å². The normalized spacial score (nSPS) is 17.7. The summed E-state index contributed by atoms with van der Waals surface area (Å²) >= 11 is 0. The van der Waals surface area contributed by atoms with Crippen molar-refractivity contribution in [3.8, 4) is 0 Å². The third-order valence-electron chi connectivity index (χ3n) is 3.05. The summed E-state index contributed by atoms with van der Waals surface area (Å²) in [4.78, 5) is 11.1. The van der Waals surface area contributed by atoms with Gasteiger partial charge in [-0.2, -0.15) is 4.31 Å². The van der Waals surface area contributed by atoms with E-state index in [0.29, 0.717) is 13.1 Å². The first-order valence-corrected chi connectivity index (χ1v) is 6.87. The summed E-state index contributed by atoms with van der Waals surface area (Å²) in [5.74, 6) is -0.671. The number of nitrogens with two attached hydrogens (primary N) is 1. The molecule has 0 unspecified atom stereocenters. The fourth-order valence-electron chi connectivity index (χ4n) is 1.90. The molecule has 1 aromatic heterocycles.